The van der Waals surface area contributed by atoms with E-state index in [1.807, 2.05) is 41.5 Å². The number of halogens is 2. The van der Waals surface area contributed by atoms with Crippen molar-refractivity contribution in [2.24, 2.45) is 0 Å². The number of aromatic nitrogens is 2. The minimum absolute atomic E-state index is 0.131. The Bertz CT molecular complexity index is 868. The number of hydrogen-bond donors (Lipinski definition) is 1. The van der Waals surface area contributed by atoms with Gasteiger partial charge in [0.25, 0.3) is 0 Å². The lowest BCUT2D eigenvalue weighted by atomic mass is 9.99. The molecule has 0 aliphatic heterocycles. The first-order chi connectivity index (χ1) is 13.4. The maximum Gasteiger partial charge on any atom is 0.340 e. The molecule has 0 aliphatic rings. The van der Waals surface area contributed by atoms with Crippen LogP contribution in [0.1, 0.15) is 85.2 Å². The summed E-state index contributed by atoms with van der Waals surface area (Å²) < 4.78 is 5.14. The largest absolute Gasteiger partial charge is 0.478 e. The van der Waals surface area contributed by atoms with Crippen LogP contribution in [0.5, 0.6) is 0 Å². The number of rotatable bonds is 5. The molecule has 8 heteroatoms. The first-order valence-corrected chi connectivity index (χ1v) is 9.94. The Morgan fingerprint density at radius 1 is 0.862 bits per heavy atom. The molecule has 0 saturated carbocycles. The maximum absolute atomic E-state index is 11.8. The zero-order chi connectivity index (χ0) is 22.3. The third-order valence-electron chi connectivity index (χ3n) is 3.84. The van der Waals surface area contributed by atoms with Gasteiger partial charge in [-0.05, 0) is 48.9 Å². The van der Waals surface area contributed by atoms with E-state index in [0.717, 1.165) is 5.56 Å². The topological polar surface area (TPSA) is 89.4 Å². The van der Waals surface area contributed by atoms with E-state index in [1.165, 1.54) is 12.4 Å². The number of carboxylic acid groups (broad SMARTS) is 1. The van der Waals surface area contributed by atoms with Gasteiger partial charge in [-0.25, -0.2) is 19.6 Å². The highest BCUT2D eigenvalue weighted by Crippen LogP contribution is 2.23. The zero-order valence-corrected chi connectivity index (χ0v) is 18.9. The quantitative estimate of drug-likeness (QED) is 0.454. The second kappa shape index (κ2) is 11.1. The van der Waals surface area contributed by atoms with Gasteiger partial charge in [-0.3, -0.25) is 0 Å². The van der Waals surface area contributed by atoms with Crippen molar-refractivity contribution >= 4 is 35.1 Å². The van der Waals surface area contributed by atoms with Gasteiger partial charge >= 0.3 is 11.9 Å². The average molecular weight is 441 g/mol. The van der Waals surface area contributed by atoms with Crippen LogP contribution < -0.4 is 0 Å². The molecule has 1 N–H and O–H groups in total. The van der Waals surface area contributed by atoms with E-state index in [0.29, 0.717) is 21.4 Å². The first-order valence-electron chi connectivity index (χ1n) is 9.19. The Morgan fingerprint density at radius 3 is 1.66 bits per heavy atom. The van der Waals surface area contributed by atoms with E-state index < -0.39 is 5.97 Å². The molecule has 158 valence electrons. The van der Waals surface area contributed by atoms with Gasteiger partial charge in [0.05, 0.1) is 17.2 Å². The Balaban J connectivity index is 0.000000296. The molecular formula is C21H26Cl2N2O4. The van der Waals surface area contributed by atoms with Crippen molar-refractivity contribution in [2.75, 3.05) is 0 Å². The number of esters is 1. The summed E-state index contributed by atoms with van der Waals surface area (Å²) >= 11 is 11.5. The molecular weight excluding hydrogens is 415 g/mol. The molecule has 0 spiro atoms. The molecule has 0 bridgehead atoms. The molecule has 29 heavy (non-hydrogen) atoms. The summed E-state index contributed by atoms with van der Waals surface area (Å²) in [5.41, 5.74) is 2.30. The smallest absolute Gasteiger partial charge is 0.340 e. The van der Waals surface area contributed by atoms with Crippen molar-refractivity contribution in [3.8, 4) is 0 Å². The number of carbonyl (C=O) groups is 2. The third kappa shape index (κ3) is 7.63. The second-order valence-electron chi connectivity index (χ2n) is 7.26. The number of pyridine rings is 2. The SMILES string of the molecule is CC(C)OC(=O)c1cnc(Cl)cc1C(C)C.CC(C)c1cc(Cl)ncc1C(=O)O. The molecule has 0 aromatic carbocycles. The number of nitrogens with zero attached hydrogens (tertiary/aromatic N) is 2. The lowest BCUT2D eigenvalue weighted by Crippen LogP contribution is -2.14. The number of aromatic carboxylic acids is 1. The van der Waals surface area contributed by atoms with Crippen molar-refractivity contribution in [2.45, 2.75) is 59.5 Å². The fourth-order valence-electron chi connectivity index (χ4n) is 2.47. The molecule has 2 heterocycles. The molecule has 0 fully saturated rings. The molecule has 2 aromatic heterocycles. The number of hydrogen-bond acceptors (Lipinski definition) is 5. The van der Waals surface area contributed by atoms with Gasteiger partial charge in [0.2, 0.25) is 0 Å². The van der Waals surface area contributed by atoms with Crippen molar-refractivity contribution in [3.05, 3.63) is 57.1 Å². The molecule has 0 unspecified atom stereocenters. The van der Waals surface area contributed by atoms with Crippen molar-refractivity contribution in [3.63, 3.8) is 0 Å². The van der Waals surface area contributed by atoms with Crippen molar-refractivity contribution in [1.29, 1.82) is 0 Å². The van der Waals surface area contributed by atoms with Gasteiger partial charge in [0.1, 0.15) is 10.3 Å². The van der Waals surface area contributed by atoms with Crippen LogP contribution in [0.2, 0.25) is 10.3 Å². The van der Waals surface area contributed by atoms with Crippen LogP contribution in [-0.4, -0.2) is 33.1 Å². The lowest BCUT2D eigenvalue weighted by Gasteiger charge is -2.13. The third-order valence-corrected chi connectivity index (χ3v) is 4.26. The van der Waals surface area contributed by atoms with Crippen LogP contribution in [0.4, 0.5) is 0 Å². The van der Waals surface area contributed by atoms with Gasteiger partial charge in [0.15, 0.2) is 0 Å². The standard InChI is InChI=1S/C12H16ClNO2.C9H10ClNO2/c1-7(2)9-5-11(13)14-6-10(9)12(15)16-8(3)4;1-5(2)6-3-8(10)11-4-7(6)9(12)13/h5-8H,1-4H3;3-5H,1-2H3,(H,12,13). The Hall–Kier alpha value is -2.18. The molecule has 0 radical (unpaired) electrons. The summed E-state index contributed by atoms with van der Waals surface area (Å²) in [5.74, 6) is -0.974. The van der Waals surface area contributed by atoms with Crippen LogP contribution in [0, 0.1) is 0 Å². The van der Waals surface area contributed by atoms with Gasteiger partial charge in [0, 0.05) is 12.4 Å². The molecule has 0 atom stereocenters. The van der Waals surface area contributed by atoms with E-state index in [9.17, 15) is 9.59 Å². The highest BCUT2D eigenvalue weighted by Gasteiger charge is 2.17. The Morgan fingerprint density at radius 2 is 1.28 bits per heavy atom. The summed E-state index contributed by atoms with van der Waals surface area (Å²) in [7, 11) is 0. The predicted molar refractivity (Wildman–Crippen MR) is 114 cm³/mol. The van der Waals surface area contributed by atoms with E-state index in [4.69, 9.17) is 33.0 Å². The van der Waals surface area contributed by atoms with Gasteiger partial charge in [-0.1, -0.05) is 50.9 Å². The first kappa shape index (κ1) is 24.9. The van der Waals surface area contributed by atoms with Crippen LogP contribution in [0.25, 0.3) is 0 Å². The Kier molecular flexibility index (Phi) is 9.53. The predicted octanol–water partition coefficient (Wildman–Crippen LogP) is 5.98. The molecule has 0 aliphatic carbocycles. The Labute approximate surface area is 181 Å². The molecule has 2 rings (SSSR count). The van der Waals surface area contributed by atoms with Crippen LogP contribution >= 0.6 is 23.2 Å². The van der Waals surface area contributed by atoms with E-state index in [1.54, 1.807) is 12.1 Å². The minimum atomic E-state index is -0.965. The normalized spacial score (nSPS) is 10.7. The highest BCUT2D eigenvalue weighted by molar-refractivity contribution is 6.29. The van der Waals surface area contributed by atoms with E-state index >= 15 is 0 Å². The van der Waals surface area contributed by atoms with Gasteiger partial charge in [-0.2, -0.15) is 0 Å². The van der Waals surface area contributed by atoms with Gasteiger partial charge in [-0.15, -0.1) is 0 Å². The van der Waals surface area contributed by atoms with E-state index in [2.05, 4.69) is 9.97 Å². The number of carbonyl (C=O) groups excluding carboxylic acids is 1. The fraction of sp³-hybridized carbons (Fsp3) is 0.429. The minimum Gasteiger partial charge on any atom is -0.478 e. The lowest BCUT2D eigenvalue weighted by molar-refractivity contribution is 0.0375. The fourth-order valence-corrected chi connectivity index (χ4v) is 2.80. The summed E-state index contributed by atoms with van der Waals surface area (Å²) in [4.78, 5) is 30.2. The highest BCUT2D eigenvalue weighted by atomic mass is 35.5. The van der Waals surface area contributed by atoms with Gasteiger partial charge < -0.3 is 9.84 Å². The molecule has 6 nitrogen and oxygen atoms in total. The van der Waals surface area contributed by atoms with Crippen molar-refractivity contribution in [1.82, 2.24) is 9.97 Å². The maximum atomic E-state index is 11.8. The molecule has 0 amide bonds. The molecule has 2 aromatic rings. The van der Waals surface area contributed by atoms with Crippen LogP contribution in [0.15, 0.2) is 24.5 Å². The number of ether oxygens (including phenoxy) is 1. The van der Waals surface area contributed by atoms with E-state index in [-0.39, 0.29) is 29.5 Å². The van der Waals surface area contributed by atoms with Crippen LogP contribution in [0.3, 0.4) is 0 Å². The van der Waals surface area contributed by atoms with Crippen LogP contribution in [-0.2, 0) is 4.74 Å². The monoisotopic (exact) mass is 440 g/mol. The summed E-state index contributed by atoms with van der Waals surface area (Å²) in [5, 5.41) is 9.54. The van der Waals surface area contributed by atoms with Crippen molar-refractivity contribution < 1.29 is 19.4 Å². The summed E-state index contributed by atoms with van der Waals surface area (Å²) in [6, 6.07) is 3.30. The summed E-state index contributed by atoms with van der Waals surface area (Å²) in [6.07, 6.45) is 2.63. The molecule has 0 saturated heterocycles. The number of carboxylic acids is 1. The zero-order valence-electron chi connectivity index (χ0n) is 17.4. The second-order valence-corrected chi connectivity index (χ2v) is 8.03. The average Bonchev–Trinajstić information content (AvgIpc) is 2.61. The summed E-state index contributed by atoms with van der Waals surface area (Å²) in [6.45, 7) is 11.5.